The minimum Gasteiger partial charge on any atom is -0.481 e. The molecule has 0 spiro atoms. The number of benzene rings is 1. The lowest BCUT2D eigenvalue weighted by atomic mass is 10.1. The average Bonchev–Trinajstić information content (AvgIpc) is 2.45. The van der Waals surface area contributed by atoms with Gasteiger partial charge >= 0.3 is 5.97 Å². The Balaban J connectivity index is 1.82. The average molecular weight is 274 g/mol. The first-order valence-electron chi connectivity index (χ1n) is 6.69. The third kappa shape index (κ3) is 3.97. The molecular weight excluding hydrogens is 256 g/mol. The van der Waals surface area contributed by atoms with Crippen LogP contribution in [0.1, 0.15) is 18.4 Å². The SMILES string of the molecule is CN1CCCC(OC(=O)COc2ccccc2C#N)C1. The maximum Gasteiger partial charge on any atom is 0.344 e. The second kappa shape index (κ2) is 6.92. The number of esters is 1. The zero-order valence-corrected chi connectivity index (χ0v) is 11.5. The van der Waals surface area contributed by atoms with Crippen molar-refractivity contribution >= 4 is 5.97 Å². The van der Waals surface area contributed by atoms with Crippen LogP contribution in [0, 0.1) is 11.3 Å². The van der Waals surface area contributed by atoms with Crippen molar-refractivity contribution in [2.75, 3.05) is 26.7 Å². The Morgan fingerprint density at radius 2 is 2.30 bits per heavy atom. The van der Waals surface area contributed by atoms with Gasteiger partial charge in [0.1, 0.15) is 17.9 Å². The number of ether oxygens (including phenoxy) is 2. The molecule has 1 unspecified atom stereocenters. The molecule has 1 atom stereocenters. The fourth-order valence-corrected chi connectivity index (χ4v) is 2.26. The molecule has 1 saturated heterocycles. The Morgan fingerprint density at radius 3 is 3.05 bits per heavy atom. The van der Waals surface area contributed by atoms with E-state index in [-0.39, 0.29) is 12.7 Å². The van der Waals surface area contributed by atoms with Crippen LogP contribution >= 0.6 is 0 Å². The van der Waals surface area contributed by atoms with Gasteiger partial charge in [0.25, 0.3) is 0 Å². The van der Waals surface area contributed by atoms with Gasteiger partial charge in [-0.2, -0.15) is 5.26 Å². The first-order valence-corrected chi connectivity index (χ1v) is 6.69. The van der Waals surface area contributed by atoms with Gasteiger partial charge in [0.2, 0.25) is 0 Å². The van der Waals surface area contributed by atoms with Crippen LogP contribution in [-0.4, -0.2) is 43.7 Å². The number of hydrogen-bond donors (Lipinski definition) is 0. The van der Waals surface area contributed by atoms with E-state index < -0.39 is 5.97 Å². The first kappa shape index (κ1) is 14.4. The highest BCUT2D eigenvalue weighted by atomic mass is 16.6. The maximum atomic E-state index is 11.7. The van der Waals surface area contributed by atoms with Crippen molar-refractivity contribution in [2.24, 2.45) is 0 Å². The molecule has 0 aliphatic carbocycles. The molecule has 2 rings (SSSR count). The molecule has 1 aromatic rings. The molecule has 0 bridgehead atoms. The molecule has 1 aromatic carbocycles. The molecule has 5 nitrogen and oxygen atoms in total. The number of carbonyl (C=O) groups excluding carboxylic acids is 1. The molecule has 0 saturated carbocycles. The van der Waals surface area contributed by atoms with E-state index >= 15 is 0 Å². The van der Waals surface area contributed by atoms with Crippen LogP contribution < -0.4 is 4.74 Å². The molecule has 5 heteroatoms. The molecule has 0 amide bonds. The van der Waals surface area contributed by atoms with Crippen molar-refractivity contribution in [2.45, 2.75) is 18.9 Å². The summed E-state index contributed by atoms with van der Waals surface area (Å²) < 4.78 is 10.7. The summed E-state index contributed by atoms with van der Waals surface area (Å²) in [5, 5.41) is 8.92. The van der Waals surface area contributed by atoms with Crippen LogP contribution in [0.3, 0.4) is 0 Å². The number of nitriles is 1. The number of nitrogens with zero attached hydrogens (tertiary/aromatic N) is 2. The first-order chi connectivity index (χ1) is 9.69. The highest BCUT2D eigenvalue weighted by Gasteiger charge is 2.21. The smallest absolute Gasteiger partial charge is 0.344 e. The number of rotatable bonds is 4. The third-order valence-corrected chi connectivity index (χ3v) is 3.23. The van der Waals surface area contributed by atoms with Crippen molar-refractivity contribution in [1.29, 1.82) is 5.26 Å². The van der Waals surface area contributed by atoms with Gasteiger partial charge in [0.05, 0.1) is 5.56 Å². The fourth-order valence-electron chi connectivity index (χ4n) is 2.26. The minimum absolute atomic E-state index is 0.0592. The quantitative estimate of drug-likeness (QED) is 0.780. The number of likely N-dealkylation sites (N-methyl/N-ethyl adjacent to an activating group) is 1. The minimum atomic E-state index is -0.391. The van der Waals surface area contributed by atoms with Gasteiger partial charge in [0, 0.05) is 6.54 Å². The molecule has 20 heavy (non-hydrogen) atoms. The van der Waals surface area contributed by atoms with Crippen molar-refractivity contribution < 1.29 is 14.3 Å². The van der Waals surface area contributed by atoms with Gasteiger partial charge in [0.15, 0.2) is 6.61 Å². The predicted octanol–water partition coefficient (Wildman–Crippen LogP) is 1.57. The van der Waals surface area contributed by atoms with Gasteiger partial charge < -0.3 is 14.4 Å². The van der Waals surface area contributed by atoms with E-state index in [1.807, 2.05) is 13.1 Å². The van der Waals surface area contributed by atoms with Crippen LogP contribution in [0.5, 0.6) is 5.75 Å². The largest absolute Gasteiger partial charge is 0.481 e. The Bertz CT molecular complexity index is 510. The number of likely N-dealkylation sites (tertiary alicyclic amines) is 1. The molecule has 0 radical (unpaired) electrons. The lowest BCUT2D eigenvalue weighted by Crippen LogP contribution is -2.38. The van der Waals surface area contributed by atoms with Gasteiger partial charge in [-0.3, -0.25) is 0 Å². The van der Waals surface area contributed by atoms with Gasteiger partial charge in [-0.15, -0.1) is 0 Å². The van der Waals surface area contributed by atoms with Gasteiger partial charge in [-0.25, -0.2) is 4.79 Å². The topological polar surface area (TPSA) is 62.6 Å². The van der Waals surface area contributed by atoms with E-state index in [4.69, 9.17) is 14.7 Å². The van der Waals surface area contributed by atoms with E-state index in [2.05, 4.69) is 4.90 Å². The summed E-state index contributed by atoms with van der Waals surface area (Å²) >= 11 is 0. The van der Waals surface area contributed by atoms with E-state index in [0.29, 0.717) is 11.3 Å². The zero-order chi connectivity index (χ0) is 14.4. The molecular formula is C15H18N2O3. The van der Waals surface area contributed by atoms with Crippen LogP contribution in [0.2, 0.25) is 0 Å². The van der Waals surface area contributed by atoms with Crippen LogP contribution in [0.25, 0.3) is 0 Å². The van der Waals surface area contributed by atoms with Gasteiger partial charge in [-0.1, -0.05) is 12.1 Å². The van der Waals surface area contributed by atoms with Crippen molar-refractivity contribution in [3.05, 3.63) is 29.8 Å². The molecule has 1 aliphatic heterocycles. The molecule has 1 heterocycles. The zero-order valence-electron chi connectivity index (χ0n) is 11.5. The number of carbonyl (C=O) groups is 1. The highest BCUT2D eigenvalue weighted by Crippen LogP contribution is 2.17. The van der Waals surface area contributed by atoms with Crippen molar-refractivity contribution in [3.63, 3.8) is 0 Å². The summed E-state index contributed by atoms with van der Waals surface area (Å²) in [4.78, 5) is 13.9. The summed E-state index contributed by atoms with van der Waals surface area (Å²) in [5.74, 6) is 0.0192. The normalized spacial score (nSPS) is 19.1. The molecule has 0 aromatic heterocycles. The Morgan fingerprint density at radius 1 is 1.50 bits per heavy atom. The van der Waals surface area contributed by atoms with E-state index in [0.717, 1.165) is 25.9 Å². The Hall–Kier alpha value is -2.06. The Kier molecular flexibility index (Phi) is 4.97. The summed E-state index contributed by atoms with van der Waals surface area (Å²) in [6.45, 7) is 1.64. The standard InChI is InChI=1S/C15H18N2O3/c1-17-8-4-6-13(10-17)20-15(18)11-19-14-7-3-2-5-12(14)9-16/h2-3,5,7,13H,4,6,8,10-11H2,1H3. The Labute approximate surface area is 118 Å². The highest BCUT2D eigenvalue weighted by molar-refractivity contribution is 5.71. The lowest BCUT2D eigenvalue weighted by Gasteiger charge is -2.29. The van der Waals surface area contributed by atoms with Crippen LogP contribution in [-0.2, 0) is 9.53 Å². The number of hydrogen-bond acceptors (Lipinski definition) is 5. The second-order valence-corrected chi connectivity index (χ2v) is 4.91. The summed E-state index contributed by atoms with van der Waals surface area (Å²) in [5.41, 5.74) is 0.415. The summed E-state index contributed by atoms with van der Waals surface area (Å²) in [7, 11) is 2.01. The van der Waals surface area contributed by atoms with Crippen molar-refractivity contribution in [1.82, 2.24) is 4.90 Å². The van der Waals surface area contributed by atoms with E-state index in [1.165, 1.54) is 0 Å². The fraction of sp³-hybridized carbons (Fsp3) is 0.467. The maximum absolute atomic E-state index is 11.7. The molecule has 0 N–H and O–H groups in total. The third-order valence-electron chi connectivity index (χ3n) is 3.23. The number of para-hydroxylation sites is 1. The van der Waals surface area contributed by atoms with Crippen LogP contribution in [0.4, 0.5) is 0 Å². The molecule has 1 fully saturated rings. The number of piperidine rings is 1. The predicted molar refractivity (Wildman–Crippen MR) is 73.3 cm³/mol. The molecule has 106 valence electrons. The van der Waals surface area contributed by atoms with Crippen molar-refractivity contribution in [3.8, 4) is 11.8 Å². The van der Waals surface area contributed by atoms with Crippen LogP contribution in [0.15, 0.2) is 24.3 Å². The van der Waals surface area contributed by atoms with E-state index in [1.54, 1.807) is 24.3 Å². The second-order valence-electron chi connectivity index (χ2n) is 4.91. The lowest BCUT2D eigenvalue weighted by molar-refractivity contribution is -0.153. The monoisotopic (exact) mass is 274 g/mol. The summed E-state index contributed by atoms with van der Waals surface area (Å²) in [6, 6.07) is 8.85. The summed E-state index contributed by atoms with van der Waals surface area (Å²) in [6.07, 6.45) is 1.87. The molecule has 1 aliphatic rings. The van der Waals surface area contributed by atoms with Gasteiger partial charge in [-0.05, 0) is 38.6 Å². The van der Waals surface area contributed by atoms with E-state index in [9.17, 15) is 4.79 Å².